The number of para-hydroxylation sites is 2. The Morgan fingerprint density at radius 2 is 1.86 bits per heavy atom. The first-order valence-electron chi connectivity index (χ1n) is 9.56. The lowest BCUT2D eigenvalue weighted by molar-refractivity contribution is 0.0945. The summed E-state index contributed by atoms with van der Waals surface area (Å²) in [6.45, 7) is 8.40. The Hall–Kier alpha value is -2.58. The molecule has 0 aliphatic heterocycles. The van der Waals surface area contributed by atoms with E-state index in [1.54, 1.807) is 36.4 Å². The first kappa shape index (κ1) is 22.7. The highest BCUT2D eigenvalue weighted by molar-refractivity contribution is 7.92. The molecular weight excluding hydrogens is 390 g/mol. The average molecular weight is 420 g/mol. The second-order valence-electron chi connectivity index (χ2n) is 6.81. The lowest BCUT2D eigenvalue weighted by Gasteiger charge is -2.24. The summed E-state index contributed by atoms with van der Waals surface area (Å²) in [7, 11) is -2.40. The van der Waals surface area contributed by atoms with Crippen molar-refractivity contribution in [2.75, 3.05) is 31.5 Å². The molecule has 1 amide bonds. The Morgan fingerprint density at radius 3 is 2.52 bits per heavy atom. The first-order valence-corrected chi connectivity index (χ1v) is 11.0. The summed E-state index contributed by atoms with van der Waals surface area (Å²) in [4.78, 5) is 14.7. The number of rotatable bonds is 10. The summed E-state index contributed by atoms with van der Waals surface area (Å²) in [5, 5.41) is 2.85. The van der Waals surface area contributed by atoms with Crippen molar-refractivity contribution in [3.8, 4) is 5.75 Å². The molecule has 2 aromatic carbocycles. The van der Waals surface area contributed by atoms with Gasteiger partial charge in [0.2, 0.25) is 0 Å². The largest absolute Gasteiger partial charge is 0.495 e. The Kier molecular flexibility index (Phi) is 8.04. The maximum absolute atomic E-state index is 12.8. The van der Waals surface area contributed by atoms with E-state index in [-0.39, 0.29) is 10.8 Å². The molecule has 0 saturated carbocycles. The molecule has 0 bridgehead atoms. The van der Waals surface area contributed by atoms with Gasteiger partial charge in [-0.05, 0) is 50.7 Å². The van der Waals surface area contributed by atoms with Crippen LogP contribution in [0.1, 0.15) is 31.1 Å². The number of likely N-dealkylation sites (N-methyl/N-ethyl adjacent to an activating group) is 1. The lowest BCUT2D eigenvalue weighted by atomic mass is 10.2. The van der Waals surface area contributed by atoms with Crippen LogP contribution >= 0.6 is 0 Å². The smallest absolute Gasteiger partial charge is 0.262 e. The number of anilines is 1. The van der Waals surface area contributed by atoms with Crippen LogP contribution in [0.5, 0.6) is 5.75 Å². The standard InChI is InChI=1S/C21H29N3O4S/c1-5-24(16(2)3)14-13-22-21(25)17-9-8-10-18(15-17)29(26,27)23-19-11-6-7-12-20(19)28-4/h6-12,15-16,23H,5,13-14H2,1-4H3,(H,22,25). The number of nitrogens with zero attached hydrogens (tertiary/aromatic N) is 1. The molecule has 8 heteroatoms. The van der Waals surface area contributed by atoms with Gasteiger partial charge in [-0.1, -0.05) is 25.1 Å². The van der Waals surface area contributed by atoms with Crippen molar-refractivity contribution in [1.82, 2.24) is 10.2 Å². The molecule has 0 aliphatic rings. The lowest BCUT2D eigenvalue weighted by Crippen LogP contribution is -2.38. The van der Waals surface area contributed by atoms with E-state index < -0.39 is 10.0 Å². The average Bonchev–Trinajstić information content (AvgIpc) is 2.71. The molecule has 0 radical (unpaired) electrons. The molecule has 0 aromatic heterocycles. The number of hydrogen-bond donors (Lipinski definition) is 2. The molecule has 2 N–H and O–H groups in total. The van der Waals surface area contributed by atoms with Gasteiger partial charge >= 0.3 is 0 Å². The van der Waals surface area contributed by atoms with Crippen molar-refractivity contribution in [2.45, 2.75) is 31.7 Å². The van der Waals surface area contributed by atoms with E-state index in [9.17, 15) is 13.2 Å². The fourth-order valence-corrected chi connectivity index (χ4v) is 4.05. The van der Waals surface area contributed by atoms with Crippen molar-refractivity contribution in [3.05, 3.63) is 54.1 Å². The van der Waals surface area contributed by atoms with Crippen LogP contribution in [0.25, 0.3) is 0 Å². The zero-order chi connectivity index (χ0) is 21.4. The van der Waals surface area contributed by atoms with Gasteiger partial charge in [0.1, 0.15) is 5.75 Å². The van der Waals surface area contributed by atoms with E-state index >= 15 is 0 Å². The fourth-order valence-electron chi connectivity index (χ4n) is 2.93. The third-order valence-corrected chi connectivity index (χ3v) is 5.94. The van der Waals surface area contributed by atoms with Crippen molar-refractivity contribution in [2.24, 2.45) is 0 Å². The minimum absolute atomic E-state index is 0.00780. The Balaban J connectivity index is 2.10. The molecule has 29 heavy (non-hydrogen) atoms. The van der Waals surface area contributed by atoms with Gasteiger partial charge in [-0.2, -0.15) is 0 Å². The number of carbonyl (C=O) groups excluding carboxylic acids is 1. The molecule has 0 saturated heterocycles. The van der Waals surface area contributed by atoms with Gasteiger partial charge in [0.15, 0.2) is 0 Å². The third kappa shape index (κ3) is 6.20. The Bertz CT molecular complexity index is 929. The van der Waals surface area contributed by atoms with Gasteiger partial charge < -0.3 is 10.1 Å². The molecule has 0 fully saturated rings. The van der Waals surface area contributed by atoms with Crippen LogP contribution in [0.2, 0.25) is 0 Å². The molecule has 2 rings (SSSR count). The van der Waals surface area contributed by atoms with Crippen LogP contribution in [0.4, 0.5) is 5.69 Å². The highest BCUT2D eigenvalue weighted by atomic mass is 32.2. The predicted octanol–water partition coefficient (Wildman–Crippen LogP) is 2.96. The van der Waals surface area contributed by atoms with E-state index in [1.807, 2.05) is 0 Å². The summed E-state index contributed by atoms with van der Waals surface area (Å²) in [6, 6.07) is 13.1. The number of methoxy groups -OCH3 is 1. The molecule has 0 heterocycles. The number of sulfonamides is 1. The normalized spacial score (nSPS) is 11.5. The molecular formula is C21H29N3O4S. The van der Waals surface area contributed by atoms with Crippen molar-refractivity contribution in [1.29, 1.82) is 0 Å². The second kappa shape index (κ2) is 10.3. The topological polar surface area (TPSA) is 87.7 Å². The maximum Gasteiger partial charge on any atom is 0.262 e. The first-order chi connectivity index (χ1) is 13.8. The van der Waals surface area contributed by atoms with Gasteiger partial charge in [0.05, 0.1) is 17.7 Å². The van der Waals surface area contributed by atoms with Gasteiger partial charge in [-0.3, -0.25) is 14.4 Å². The summed E-state index contributed by atoms with van der Waals surface area (Å²) in [5.74, 6) is 0.106. The van der Waals surface area contributed by atoms with Crippen molar-refractivity contribution >= 4 is 21.6 Å². The number of carbonyl (C=O) groups is 1. The maximum atomic E-state index is 12.8. The monoisotopic (exact) mass is 419 g/mol. The zero-order valence-corrected chi connectivity index (χ0v) is 18.1. The van der Waals surface area contributed by atoms with E-state index in [4.69, 9.17) is 4.74 Å². The quantitative estimate of drug-likeness (QED) is 0.618. The number of nitrogens with one attached hydrogen (secondary N) is 2. The third-order valence-electron chi connectivity index (χ3n) is 4.58. The van der Waals surface area contributed by atoms with Crippen molar-refractivity contribution < 1.29 is 17.9 Å². The summed E-state index contributed by atoms with van der Waals surface area (Å²) < 4.78 is 33.2. The van der Waals surface area contributed by atoms with Gasteiger partial charge in [0, 0.05) is 24.7 Å². The van der Waals surface area contributed by atoms with Crippen LogP contribution in [0.15, 0.2) is 53.4 Å². The van der Waals surface area contributed by atoms with Crippen LogP contribution in [-0.4, -0.2) is 52.0 Å². The van der Waals surface area contributed by atoms with E-state index in [1.165, 1.54) is 19.2 Å². The Morgan fingerprint density at radius 1 is 1.14 bits per heavy atom. The molecule has 7 nitrogen and oxygen atoms in total. The second-order valence-corrected chi connectivity index (χ2v) is 8.49. The fraction of sp³-hybridized carbons (Fsp3) is 0.381. The van der Waals surface area contributed by atoms with Crippen LogP contribution in [0.3, 0.4) is 0 Å². The van der Waals surface area contributed by atoms with Crippen LogP contribution in [-0.2, 0) is 10.0 Å². The summed E-state index contributed by atoms with van der Waals surface area (Å²) >= 11 is 0. The predicted molar refractivity (Wildman–Crippen MR) is 115 cm³/mol. The molecule has 2 aromatic rings. The van der Waals surface area contributed by atoms with E-state index in [0.29, 0.717) is 29.6 Å². The van der Waals surface area contributed by atoms with Crippen molar-refractivity contribution in [3.63, 3.8) is 0 Å². The summed E-state index contributed by atoms with van der Waals surface area (Å²) in [5.41, 5.74) is 0.624. The van der Waals surface area contributed by atoms with Crippen LogP contribution in [0, 0.1) is 0 Å². The molecule has 0 spiro atoms. The van der Waals surface area contributed by atoms with Gasteiger partial charge in [-0.15, -0.1) is 0 Å². The minimum Gasteiger partial charge on any atom is -0.495 e. The van der Waals surface area contributed by atoms with Gasteiger partial charge in [-0.25, -0.2) is 8.42 Å². The number of ether oxygens (including phenoxy) is 1. The Labute approximate surface area is 173 Å². The minimum atomic E-state index is -3.87. The summed E-state index contributed by atoms with van der Waals surface area (Å²) in [6.07, 6.45) is 0. The van der Waals surface area contributed by atoms with Gasteiger partial charge in [0.25, 0.3) is 15.9 Å². The molecule has 0 aliphatic carbocycles. The molecule has 0 atom stereocenters. The van der Waals surface area contributed by atoms with E-state index in [0.717, 1.165) is 13.1 Å². The number of hydrogen-bond acceptors (Lipinski definition) is 5. The SMILES string of the molecule is CCN(CCNC(=O)c1cccc(S(=O)(=O)Nc2ccccc2OC)c1)C(C)C. The molecule has 0 unspecified atom stereocenters. The van der Waals surface area contributed by atoms with Crippen LogP contribution < -0.4 is 14.8 Å². The molecule has 158 valence electrons. The number of amides is 1. The van der Waals surface area contributed by atoms with E-state index in [2.05, 4.69) is 35.7 Å². The highest BCUT2D eigenvalue weighted by Gasteiger charge is 2.18. The zero-order valence-electron chi connectivity index (χ0n) is 17.3. The highest BCUT2D eigenvalue weighted by Crippen LogP contribution is 2.26. The number of benzene rings is 2.